The molecule has 0 aliphatic carbocycles. The van der Waals surface area contributed by atoms with Gasteiger partial charge in [-0.3, -0.25) is 0 Å². The Morgan fingerprint density at radius 2 is 1.62 bits per heavy atom. The van der Waals surface area contributed by atoms with Crippen LogP contribution in [0.1, 0.15) is 40.5 Å². The van der Waals surface area contributed by atoms with E-state index in [2.05, 4.69) is 77.6 Å². The topological polar surface area (TPSA) is 12.0 Å². The van der Waals surface area contributed by atoms with E-state index >= 15 is 0 Å². The average molecular weight is 344 g/mol. The predicted octanol–water partition coefficient (Wildman–Crippen LogP) is 4.93. The van der Waals surface area contributed by atoms with Gasteiger partial charge in [0.2, 0.25) is 0 Å². The van der Waals surface area contributed by atoms with Crippen LogP contribution >= 0.6 is 15.9 Å². The van der Waals surface area contributed by atoms with E-state index in [9.17, 15) is 0 Å². The summed E-state index contributed by atoms with van der Waals surface area (Å²) in [5.74, 6) is 1.18. The van der Waals surface area contributed by atoms with Crippen LogP contribution < -0.4 is 5.32 Å². The van der Waals surface area contributed by atoms with Gasteiger partial charge in [0.05, 0.1) is 0 Å². The molecule has 21 heavy (non-hydrogen) atoms. The third kappa shape index (κ3) is 3.07. The Labute approximate surface area is 135 Å². The lowest BCUT2D eigenvalue weighted by molar-refractivity contribution is 0.402. The lowest BCUT2D eigenvalue weighted by Crippen LogP contribution is -2.34. The Morgan fingerprint density at radius 3 is 2.29 bits per heavy atom. The van der Waals surface area contributed by atoms with Gasteiger partial charge in [-0.2, -0.15) is 0 Å². The van der Waals surface area contributed by atoms with E-state index in [1.165, 1.54) is 23.1 Å². The summed E-state index contributed by atoms with van der Waals surface area (Å²) in [4.78, 5) is 0. The fraction of sp³-hybridized carbons (Fsp3) is 0.368. The first-order valence-corrected chi connectivity index (χ1v) is 8.48. The van der Waals surface area contributed by atoms with Crippen LogP contribution in [-0.4, -0.2) is 13.1 Å². The van der Waals surface area contributed by atoms with Gasteiger partial charge in [-0.1, -0.05) is 46.3 Å². The molecule has 0 saturated carbocycles. The van der Waals surface area contributed by atoms with Crippen molar-refractivity contribution in [3.63, 3.8) is 0 Å². The van der Waals surface area contributed by atoms with Crippen molar-refractivity contribution in [1.29, 1.82) is 0 Å². The molecule has 1 saturated heterocycles. The molecule has 0 bridgehead atoms. The molecule has 110 valence electrons. The van der Waals surface area contributed by atoms with Gasteiger partial charge in [-0.25, -0.2) is 0 Å². The second-order valence-electron chi connectivity index (χ2n) is 6.06. The Hall–Kier alpha value is -1.12. The molecule has 1 N–H and O–H groups in total. The molecule has 1 nitrogen and oxygen atoms in total. The van der Waals surface area contributed by atoms with Gasteiger partial charge in [-0.15, -0.1) is 0 Å². The Bertz CT molecular complexity index is 598. The van der Waals surface area contributed by atoms with Crippen molar-refractivity contribution in [3.8, 4) is 0 Å². The molecule has 1 heterocycles. The van der Waals surface area contributed by atoms with Crippen molar-refractivity contribution in [2.24, 2.45) is 0 Å². The molecule has 1 aliphatic heterocycles. The van der Waals surface area contributed by atoms with Crippen molar-refractivity contribution in [1.82, 2.24) is 5.32 Å². The van der Waals surface area contributed by atoms with Crippen LogP contribution in [-0.2, 0) is 0 Å². The van der Waals surface area contributed by atoms with Crippen molar-refractivity contribution < 1.29 is 0 Å². The van der Waals surface area contributed by atoms with Crippen molar-refractivity contribution in [2.75, 3.05) is 13.1 Å². The smallest absolute Gasteiger partial charge is 0.0175 e. The molecule has 2 aromatic rings. The van der Waals surface area contributed by atoms with Crippen molar-refractivity contribution in [3.05, 3.63) is 69.2 Å². The normalized spacial score (nSPS) is 22.2. The highest BCUT2D eigenvalue weighted by Crippen LogP contribution is 2.40. The van der Waals surface area contributed by atoms with Crippen LogP contribution in [0.15, 0.2) is 46.9 Å². The largest absolute Gasteiger partial charge is 0.316 e. The number of halogens is 1. The molecule has 0 spiro atoms. The Morgan fingerprint density at radius 1 is 0.952 bits per heavy atom. The summed E-state index contributed by atoms with van der Waals surface area (Å²) >= 11 is 3.54. The minimum atomic E-state index is 0.562. The fourth-order valence-corrected chi connectivity index (χ4v) is 3.94. The highest BCUT2D eigenvalue weighted by molar-refractivity contribution is 9.10. The first kappa shape index (κ1) is 14.8. The molecule has 0 amide bonds. The maximum absolute atomic E-state index is 3.57. The highest BCUT2D eigenvalue weighted by atomic mass is 79.9. The van der Waals surface area contributed by atoms with Crippen LogP contribution in [0.3, 0.4) is 0 Å². The molecule has 1 aliphatic rings. The highest BCUT2D eigenvalue weighted by Gasteiger charge is 2.29. The molecule has 0 radical (unpaired) electrons. The zero-order valence-electron chi connectivity index (χ0n) is 12.7. The summed E-state index contributed by atoms with van der Waals surface area (Å²) in [5, 5.41) is 3.57. The lowest BCUT2D eigenvalue weighted by atomic mass is 9.75. The van der Waals surface area contributed by atoms with Gasteiger partial charge < -0.3 is 5.32 Å². The van der Waals surface area contributed by atoms with E-state index in [0.717, 1.165) is 17.6 Å². The lowest BCUT2D eigenvalue weighted by Gasteiger charge is -2.35. The zero-order valence-corrected chi connectivity index (χ0v) is 14.3. The van der Waals surface area contributed by atoms with E-state index < -0.39 is 0 Å². The monoisotopic (exact) mass is 343 g/mol. The molecule has 2 atom stereocenters. The van der Waals surface area contributed by atoms with Gasteiger partial charge in [-0.05, 0) is 67.1 Å². The van der Waals surface area contributed by atoms with Crippen LogP contribution in [0.25, 0.3) is 0 Å². The number of hydrogen-bond acceptors (Lipinski definition) is 1. The number of hydrogen-bond donors (Lipinski definition) is 1. The number of benzene rings is 2. The van der Waals surface area contributed by atoms with Gasteiger partial charge in [0.15, 0.2) is 0 Å². The summed E-state index contributed by atoms with van der Waals surface area (Å²) < 4.78 is 1.15. The summed E-state index contributed by atoms with van der Waals surface area (Å²) in [5.41, 5.74) is 5.87. The Kier molecular flexibility index (Phi) is 4.46. The van der Waals surface area contributed by atoms with Crippen molar-refractivity contribution >= 4 is 15.9 Å². The van der Waals surface area contributed by atoms with E-state index in [1.54, 1.807) is 5.56 Å². The third-order valence-electron chi connectivity index (χ3n) is 4.69. The van der Waals surface area contributed by atoms with E-state index in [0.29, 0.717) is 11.8 Å². The van der Waals surface area contributed by atoms with Crippen LogP contribution in [0, 0.1) is 13.8 Å². The molecule has 2 aromatic carbocycles. The number of rotatable bonds is 2. The SMILES string of the molecule is Cc1cccc(C)c1C1CCNCC1c1ccc(Br)cc1. The minimum Gasteiger partial charge on any atom is -0.316 e. The molecule has 1 fully saturated rings. The van der Waals surface area contributed by atoms with Crippen molar-refractivity contribution in [2.45, 2.75) is 32.1 Å². The summed E-state index contributed by atoms with van der Waals surface area (Å²) in [7, 11) is 0. The van der Waals surface area contributed by atoms with Gasteiger partial charge >= 0.3 is 0 Å². The summed E-state index contributed by atoms with van der Waals surface area (Å²) in [6.45, 7) is 6.69. The Balaban J connectivity index is 2.00. The summed E-state index contributed by atoms with van der Waals surface area (Å²) in [6, 6.07) is 15.5. The predicted molar refractivity (Wildman–Crippen MR) is 93.0 cm³/mol. The first-order valence-electron chi connectivity index (χ1n) is 7.69. The second kappa shape index (κ2) is 6.33. The molecule has 2 unspecified atom stereocenters. The van der Waals surface area contributed by atoms with E-state index in [1.807, 2.05) is 0 Å². The molecule has 0 aromatic heterocycles. The number of nitrogens with one attached hydrogen (secondary N) is 1. The number of piperidine rings is 1. The average Bonchev–Trinajstić information content (AvgIpc) is 2.48. The van der Waals surface area contributed by atoms with Gasteiger partial charge in [0.1, 0.15) is 0 Å². The van der Waals surface area contributed by atoms with E-state index in [-0.39, 0.29) is 0 Å². The first-order chi connectivity index (χ1) is 10.2. The van der Waals surface area contributed by atoms with Gasteiger partial charge in [0.25, 0.3) is 0 Å². The molecular weight excluding hydrogens is 322 g/mol. The molecule has 3 rings (SSSR count). The van der Waals surface area contributed by atoms with Gasteiger partial charge in [0, 0.05) is 16.9 Å². The number of aryl methyl sites for hydroxylation is 2. The second-order valence-corrected chi connectivity index (χ2v) is 6.98. The standard InChI is InChI=1S/C19H22BrN/c1-13-4-3-5-14(2)19(13)17-10-11-21-12-18(17)15-6-8-16(20)9-7-15/h3-9,17-18,21H,10-12H2,1-2H3. The maximum atomic E-state index is 3.57. The maximum Gasteiger partial charge on any atom is 0.0175 e. The molecular formula is C19H22BrN. The van der Waals surface area contributed by atoms with Crippen LogP contribution in [0.5, 0.6) is 0 Å². The van der Waals surface area contributed by atoms with Crippen LogP contribution in [0.2, 0.25) is 0 Å². The zero-order chi connectivity index (χ0) is 14.8. The van der Waals surface area contributed by atoms with E-state index in [4.69, 9.17) is 0 Å². The molecule has 2 heteroatoms. The quantitative estimate of drug-likeness (QED) is 0.815. The minimum absolute atomic E-state index is 0.562. The fourth-order valence-electron chi connectivity index (χ4n) is 3.68. The summed E-state index contributed by atoms with van der Waals surface area (Å²) in [6.07, 6.45) is 1.21. The third-order valence-corrected chi connectivity index (χ3v) is 5.22. The van der Waals surface area contributed by atoms with Crippen LogP contribution in [0.4, 0.5) is 0 Å².